The molecule has 7 nitrogen and oxygen atoms in total. The number of primary amides is 1. The van der Waals surface area contributed by atoms with Crippen molar-refractivity contribution in [2.24, 2.45) is 5.73 Å². The number of rotatable bonds is 4. The Hall–Kier alpha value is -3.35. The van der Waals surface area contributed by atoms with Gasteiger partial charge in [-0.05, 0) is 29.8 Å². The Kier molecular flexibility index (Phi) is 3.92. The Bertz CT molecular complexity index is 854. The third kappa shape index (κ3) is 3.29. The first-order chi connectivity index (χ1) is 11.1. The number of para-hydroxylation sites is 2. The summed E-state index contributed by atoms with van der Waals surface area (Å²) in [6.45, 7) is 0.323. The average Bonchev–Trinajstić information content (AvgIpc) is 2.96. The average molecular weight is 309 g/mol. The zero-order valence-corrected chi connectivity index (χ0v) is 12.2. The van der Waals surface area contributed by atoms with Gasteiger partial charge in [-0.3, -0.25) is 10.2 Å². The molecule has 0 saturated carbocycles. The molecule has 0 bridgehead atoms. The molecule has 3 rings (SSSR count). The normalized spacial score (nSPS) is 10.4. The van der Waals surface area contributed by atoms with Crippen molar-refractivity contribution in [3.63, 3.8) is 0 Å². The van der Waals surface area contributed by atoms with Gasteiger partial charge in [0.15, 0.2) is 0 Å². The third-order valence-electron chi connectivity index (χ3n) is 3.36. The lowest BCUT2D eigenvalue weighted by atomic mass is 10.1. The van der Waals surface area contributed by atoms with Crippen LogP contribution in [0.1, 0.15) is 15.9 Å². The van der Waals surface area contributed by atoms with Gasteiger partial charge in [0.2, 0.25) is 0 Å². The van der Waals surface area contributed by atoms with E-state index in [0.717, 1.165) is 16.6 Å². The summed E-state index contributed by atoms with van der Waals surface area (Å²) in [5.74, 6) is -0.248. The van der Waals surface area contributed by atoms with Crippen molar-refractivity contribution >= 4 is 23.0 Å². The van der Waals surface area contributed by atoms with Crippen LogP contribution in [0.2, 0.25) is 0 Å². The summed E-state index contributed by atoms with van der Waals surface area (Å²) < 4.78 is 1.58. The minimum atomic E-state index is -0.584. The molecule has 116 valence electrons. The molecule has 1 aromatic heterocycles. The second kappa shape index (κ2) is 6.18. The van der Waals surface area contributed by atoms with E-state index in [9.17, 15) is 9.59 Å². The number of fused-ring (bicyclic) bond motifs is 1. The van der Waals surface area contributed by atoms with Crippen molar-refractivity contribution in [2.45, 2.75) is 6.54 Å². The molecule has 0 saturated heterocycles. The maximum Gasteiger partial charge on any atom is 0.312 e. The maximum absolute atomic E-state index is 12.3. The molecule has 23 heavy (non-hydrogen) atoms. The first-order valence-electron chi connectivity index (χ1n) is 6.99. The SMILES string of the molecule is NC(=O)NCc1ccc(C(=O)Nn2cnc3ccccc32)cc1. The largest absolute Gasteiger partial charge is 0.352 e. The third-order valence-corrected chi connectivity index (χ3v) is 3.36. The highest BCUT2D eigenvalue weighted by Crippen LogP contribution is 2.11. The Morgan fingerprint density at radius 3 is 2.57 bits per heavy atom. The molecule has 1 heterocycles. The monoisotopic (exact) mass is 309 g/mol. The summed E-state index contributed by atoms with van der Waals surface area (Å²) in [6, 6.07) is 13.8. The molecule has 4 N–H and O–H groups in total. The number of amides is 3. The zero-order chi connectivity index (χ0) is 16.2. The van der Waals surface area contributed by atoms with Crippen molar-refractivity contribution in [1.29, 1.82) is 0 Å². The van der Waals surface area contributed by atoms with E-state index in [1.807, 2.05) is 24.3 Å². The van der Waals surface area contributed by atoms with Gasteiger partial charge in [-0.1, -0.05) is 24.3 Å². The van der Waals surface area contributed by atoms with Gasteiger partial charge in [0.25, 0.3) is 5.91 Å². The number of hydrogen-bond acceptors (Lipinski definition) is 3. The van der Waals surface area contributed by atoms with Gasteiger partial charge in [-0.15, -0.1) is 0 Å². The van der Waals surface area contributed by atoms with E-state index >= 15 is 0 Å². The first-order valence-corrected chi connectivity index (χ1v) is 6.99. The molecule has 0 aliphatic rings. The van der Waals surface area contributed by atoms with Crippen LogP contribution < -0.4 is 16.5 Å². The number of carbonyl (C=O) groups is 2. The quantitative estimate of drug-likeness (QED) is 0.682. The standard InChI is InChI=1S/C16H15N5O2/c17-16(23)18-9-11-5-7-12(8-6-11)15(22)20-21-10-19-13-3-1-2-4-14(13)21/h1-8,10H,9H2,(H,20,22)(H3,17,18,23). The minimum Gasteiger partial charge on any atom is -0.352 e. The van der Waals surface area contributed by atoms with Crippen LogP contribution in [-0.4, -0.2) is 21.6 Å². The lowest BCUT2D eigenvalue weighted by Crippen LogP contribution is -2.28. The molecular weight excluding hydrogens is 294 g/mol. The Morgan fingerprint density at radius 1 is 1.09 bits per heavy atom. The molecule has 3 amide bonds. The van der Waals surface area contributed by atoms with Crippen LogP contribution in [0.4, 0.5) is 4.79 Å². The van der Waals surface area contributed by atoms with E-state index in [2.05, 4.69) is 15.7 Å². The van der Waals surface area contributed by atoms with Gasteiger partial charge in [-0.2, -0.15) is 0 Å². The van der Waals surface area contributed by atoms with Gasteiger partial charge in [0, 0.05) is 12.1 Å². The number of aromatic nitrogens is 2. The topological polar surface area (TPSA) is 102 Å². The molecule has 0 aliphatic carbocycles. The van der Waals surface area contributed by atoms with Gasteiger partial charge in [0.1, 0.15) is 6.33 Å². The highest BCUT2D eigenvalue weighted by atomic mass is 16.2. The number of hydrogen-bond donors (Lipinski definition) is 3. The lowest BCUT2D eigenvalue weighted by molar-refractivity contribution is 0.101. The molecule has 0 unspecified atom stereocenters. The number of carbonyl (C=O) groups excluding carboxylic acids is 2. The molecule has 0 atom stereocenters. The molecule has 2 aromatic carbocycles. The lowest BCUT2D eigenvalue weighted by Gasteiger charge is -2.08. The van der Waals surface area contributed by atoms with Crippen molar-refractivity contribution < 1.29 is 9.59 Å². The second-order valence-corrected chi connectivity index (χ2v) is 4.96. The number of imidazole rings is 1. The highest BCUT2D eigenvalue weighted by Gasteiger charge is 2.08. The summed E-state index contributed by atoms with van der Waals surface area (Å²) in [5, 5.41) is 2.49. The molecule has 0 aliphatic heterocycles. The van der Waals surface area contributed by atoms with Crippen LogP contribution in [0.15, 0.2) is 54.9 Å². The van der Waals surface area contributed by atoms with Crippen molar-refractivity contribution in [3.05, 3.63) is 66.0 Å². The van der Waals surface area contributed by atoms with Crippen LogP contribution in [0, 0.1) is 0 Å². The predicted octanol–water partition coefficient (Wildman–Crippen LogP) is 1.59. The number of urea groups is 1. The summed E-state index contributed by atoms with van der Waals surface area (Å²) in [6.07, 6.45) is 1.56. The first kappa shape index (κ1) is 14.6. The van der Waals surface area contributed by atoms with E-state index < -0.39 is 6.03 Å². The van der Waals surface area contributed by atoms with Crippen LogP contribution in [-0.2, 0) is 6.54 Å². The Balaban J connectivity index is 1.72. The smallest absolute Gasteiger partial charge is 0.312 e. The number of benzene rings is 2. The predicted molar refractivity (Wildman–Crippen MR) is 86.3 cm³/mol. The molecule has 0 spiro atoms. The van der Waals surface area contributed by atoms with E-state index in [0.29, 0.717) is 12.1 Å². The molecule has 3 aromatic rings. The minimum absolute atomic E-state index is 0.248. The Labute approximate surface area is 132 Å². The summed E-state index contributed by atoms with van der Waals surface area (Å²) in [7, 11) is 0. The fourth-order valence-electron chi connectivity index (χ4n) is 2.19. The van der Waals surface area contributed by atoms with Gasteiger partial charge >= 0.3 is 6.03 Å². The summed E-state index contributed by atoms with van der Waals surface area (Å²) >= 11 is 0. The van der Waals surface area contributed by atoms with Crippen molar-refractivity contribution in [1.82, 2.24) is 15.0 Å². The van der Waals surface area contributed by atoms with E-state index in [1.165, 1.54) is 0 Å². The van der Waals surface area contributed by atoms with E-state index in [-0.39, 0.29) is 5.91 Å². The fourth-order valence-corrected chi connectivity index (χ4v) is 2.19. The number of nitrogens with one attached hydrogen (secondary N) is 2. The molecule has 7 heteroatoms. The number of nitrogens with two attached hydrogens (primary N) is 1. The summed E-state index contributed by atoms with van der Waals surface area (Å²) in [4.78, 5) is 27.2. The van der Waals surface area contributed by atoms with Crippen molar-refractivity contribution in [3.8, 4) is 0 Å². The van der Waals surface area contributed by atoms with Gasteiger partial charge < -0.3 is 11.1 Å². The molecule has 0 radical (unpaired) electrons. The van der Waals surface area contributed by atoms with Gasteiger partial charge in [-0.25, -0.2) is 14.5 Å². The van der Waals surface area contributed by atoms with E-state index in [1.54, 1.807) is 35.3 Å². The van der Waals surface area contributed by atoms with Crippen LogP contribution >= 0.6 is 0 Å². The zero-order valence-electron chi connectivity index (χ0n) is 12.2. The van der Waals surface area contributed by atoms with Crippen molar-refractivity contribution in [2.75, 3.05) is 5.43 Å². The molecule has 0 fully saturated rings. The second-order valence-electron chi connectivity index (χ2n) is 4.96. The van der Waals surface area contributed by atoms with Crippen LogP contribution in [0.3, 0.4) is 0 Å². The molecular formula is C16H15N5O2. The van der Waals surface area contributed by atoms with Crippen LogP contribution in [0.25, 0.3) is 11.0 Å². The van der Waals surface area contributed by atoms with Gasteiger partial charge in [0.05, 0.1) is 11.0 Å². The van der Waals surface area contributed by atoms with E-state index in [4.69, 9.17) is 5.73 Å². The Morgan fingerprint density at radius 2 is 1.83 bits per heavy atom. The highest BCUT2D eigenvalue weighted by molar-refractivity contribution is 6.00. The summed E-state index contributed by atoms with van der Waals surface area (Å²) in [5.41, 5.74) is 10.8. The fraction of sp³-hybridized carbons (Fsp3) is 0.0625. The maximum atomic E-state index is 12.3. The number of nitrogens with zero attached hydrogens (tertiary/aromatic N) is 2. The van der Waals surface area contributed by atoms with Crippen LogP contribution in [0.5, 0.6) is 0 Å².